The van der Waals surface area contributed by atoms with Gasteiger partial charge in [-0.25, -0.2) is 13.1 Å². The summed E-state index contributed by atoms with van der Waals surface area (Å²) in [6, 6.07) is 4.70. The van der Waals surface area contributed by atoms with Crippen molar-refractivity contribution in [2.24, 2.45) is 0 Å². The second-order valence-corrected chi connectivity index (χ2v) is 8.14. The minimum absolute atomic E-state index is 0.0324. The predicted octanol–water partition coefficient (Wildman–Crippen LogP) is 2.09. The van der Waals surface area contributed by atoms with E-state index in [-0.39, 0.29) is 28.4 Å². The second kappa shape index (κ2) is 8.23. The zero-order valence-corrected chi connectivity index (χ0v) is 15.7. The number of rotatable bonds is 7. The first-order chi connectivity index (χ1) is 12.5. The minimum atomic E-state index is -4.66. The van der Waals surface area contributed by atoms with Gasteiger partial charge in [-0.15, -0.1) is 0 Å². The molecule has 0 saturated carbocycles. The van der Waals surface area contributed by atoms with Crippen molar-refractivity contribution in [3.8, 4) is 0 Å². The van der Waals surface area contributed by atoms with E-state index < -0.39 is 28.7 Å². The molecule has 0 fully saturated rings. The highest BCUT2D eigenvalue weighted by Crippen LogP contribution is 2.17. The van der Waals surface area contributed by atoms with Crippen LogP contribution >= 0.6 is 11.3 Å². The molecule has 0 aliphatic carbocycles. The monoisotopic (exact) mass is 423 g/mol. The van der Waals surface area contributed by atoms with E-state index in [9.17, 15) is 31.2 Å². The zero-order valence-electron chi connectivity index (χ0n) is 14.0. The largest absolute Gasteiger partial charge is 0.402 e. The number of amides is 1. The number of nitrogens with zero attached hydrogens (tertiary/aromatic N) is 1. The molecule has 1 amide bonds. The Hall–Kier alpha value is -2.18. The highest BCUT2D eigenvalue weighted by atomic mass is 32.2. The van der Waals surface area contributed by atoms with Crippen molar-refractivity contribution in [3.05, 3.63) is 45.0 Å². The van der Waals surface area contributed by atoms with E-state index >= 15 is 0 Å². The first-order valence-corrected chi connectivity index (χ1v) is 9.95. The Morgan fingerprint density at radius 3 is 2.37 bits per heavy atom. The first-order valence-electron chi connectivity index (χ1n) is 7.59. The fourth-order valence-electron chi connectivity index (χ4n) is 2.09. The molecule has 1 aromatic carbocycles. The van der Waals surface area contributed by atoms with Crippen molar-refractivity contribution in [1.82, 2.24) is 9.29 Å². The summed E-state index contributed by atoms with van der Waals surface area (Å²) in [5, 5.41) is 4.22. The van der Waals surface area contributed by atoms with Crippen LogP contribution in [0.5, 0.6) is 0 Å². The molecule has 0 bridgehead atoms. The summed E-state index contributed by atoms with van der Waals surface area (Å²) in [7, 11) is -4.31. The number of alkyl halides is 3. The average Bonchev–Trinajstić information content (AvgIpc) is 2.89. The van der Waals surface area contributed by atoms with Gasteiger partial charge in [0.05, 0.1) is 4.90 Å². The summed E-state index contributed by atoms with van der Waals surface area (Å²) >= 11 is 1.04. The van der Waals surface area contributed by atoms with E-state index in [1.807, 2.05) is 0 Å². The third-order valence-corrected chi connectivity index (χ3v) is 5.75. The van der Waals surface area contributed by atoms with Crippen molar-refractivity contribution < 1.29 is 26.4 Å². The van der Waals surface area contributed by atoms with Gasteiger partial charge in [0.2, 0.25) is 15.9 Å². The number of aromatic nitrogens is 1. The quantitative estimate of drug-likeness (QED) is 0.713. The Labute approximate surface area is 156 Å². The summed E-state index contributed by atoms with van der Waals surface area (Å²) in [5.41, 5.74) is 1.03. The molecule has 1 heterocycles. The lowest BCUT2D eigenvalue weighted by atomic mass is 10.3. The highest BCUT2D eigenvalue weighted by molar-refractivity contribution is 7.89. The van der Waals surface area contributed by atoms with Crippen LogP contribution in [-0.4, -0.2) is 31.6 Å². The number of nitrogens with one attached hydrogen (secondary N) is 2. The van der Waals surface area contributed by atoms with Gasteiger partial charge in [-0.1, -0.05) is 11.3 Å². The van der Waals surface area contributed by atoms with Crippen molar-refractivity contribution in [3.63, 3.8) is 0 Å². The maximum atomic E-state index is 12.1. The zero-order chi connectivity index (χ0) is 20.2. The van der Waals surface area contributed by atoms with Crippen molar-refractivity contribution in [2.45, 2.75) is 31.0 Å². The maximum Gasteiger partial charge on any atom is 0.402 e. The van der Waals surface area contributed by atoms with E-state index in [1.54, 1.807) is 12.3 Å². The van der Waals surface area contributed by atoms with E-state index in [1.165, 1.54) is 21.4 Å². The average molecular weight is 423 g/mol. The van der Waals surface area contributed by atoms with Crippen LogP contribution in [0.4, 0.5) is 18.9 Å². The normalized spacial score (nSPS) is 12.1. The van der Waals surface area contributed by atoms with Gasteiger partial charge in [0.1, 0.15) is 6.54 Å². The van der Waals surface area contributed by atoms with Crippen LogP contribution in [-0.2, 0) is 21.4 Å². The van der Waals surface area contributed by atoms with Crippen molar-refractivity contribution in [2.75, 3.05) is 11.9 Å². The molecule has 2 N–H and O–H groups in total. The van der Waals surface area contributed by atoms with Crippen LogP contribution in [0.2, 0.25) is 0 Å². The number of thiazole rings is 1. The number of hydrogen-bond acceptors (Lipinski definition) is 5. The topological polar surface area (TPSA) is 97.3 Å². The third-order valence-electron chi connectivity index (χ3n) is 3.45. The van der Waals surface area contributed by atoms with Gasteiger partial charge < -0.3 is 9.88 Å². The van der Waals surface area contributed by atoms with Crippen LogP contribution in [0.1, 0.15) is 12.1 Å². The molecule has 148 valence electrons. The molecule has 0 aliphatic rings. The molecule has 12 heteroatoms. The van der Waals surface area contributed by atoms with Gasteiger partial charge in [0.15, 0.2) is 0 Å². The number of carbonyl (C=O) groups is 1. The maximum absolute atomic E-state index is 12.1. The van der Waals surface area contributed by atoms with Gasteiger partial charge in [-0.05, 0) is 31.2 Å². The Morgan fingerprint density at radius 2 is 1.85 bits per heavy atom. The molecule has 1 aromatic heterocycles. The number of aryl methyl sites for hydroxylation is 1. The molecular weight excluding hydrogens is 407 g/mol. The van der Waals surface area contributed by atoms with Gasteiger partial charge in [0, 0.05) is 29.7 Å². The van der Waals surface area contributed by atoms with Crippen LogP contribution < -0.4 is 14.9 Å². The minimum Gasteiger partial charge on any atom is -0.326 e. The third kappa shape index (κ3) is 6.19. The summed E-state index contributed by atoms with van der Waals surface area (Å²) in [6.07, 6.45) is -4.63. The van der Waals surface area contributed by atoms with E-state index in [2.05, 4.69) is 5.32 Å². The van der Waals surface area contributed by atoms with Gasteiger partial charge >= 0.3 is 11.0 Å². The lowest BCUT2D eigenvalue weighted by Gasteiger charge is -2.10. The highest BCUT2D eigenvalue weighted by Gasteiger charge is 2.30. The number of sulfonamides is 1. The second-order valence-electron chi connectivity index (χ2n) is 5.56. The first kappa shape index (κ1) is 21.1. The van der Waals surface area contributed by atoms with Crippen LogP contribution in [0.3, 0.4) is 0 Å². The number of anilines is 1. The molecule has 0 unspecified atom stereocenters. The standard InChI is InChI=1S/C15H16F3N3O4S2/c1-10-8-26-14(23)21(10)7-6-13(22)20-11-2-4-12(5-3-11)27(24,25)19-9-15(16,17)18/h2-5,8,19H,6-7,9H2,1H3,(H,20,22). The van der Waals surface area contributed by atoms with E-state index in [4.69, 9.17) is 0 Å². The smallest absolute Gasteiger partial charge is 0.326 e. The molecule has 7 nitrogen and oxygen atoms in total. The molecule has 0 spiro atoms. The number of carbonyl (C=O) groups excluding carboxylic acids is 1. The predicted molar refractivity (Wildman–Crippen MR) is 94.2 cm³/mol. The summed E-state index contributed by atoms with van der Waals surface area (Å²) < 4.78 is 62.9. The van der Waals surface area contributed by atoms with Gasteiger partial charge in [-0.3, -0.25) is 9.59 Å². The Morgan fingerprint density at radius 1 is 1.22 bits per heavy atom. The SMILES string of the molecule is Cc1csc(=O)n1CCC(=O)Nc1ccc(S(=O)(=O)NCC(F)(F)F)cc1. The summed E-state index contributed by atoms with van der Waals surface area (Å²) in [5.74, 6) is -0.390. The van der Waals surface area contributed by atoms with Crippen LogP contribution in [0.25, 0.3) is 0 Å². The van der Waals surface area contributed by atoms with Gasteiger partial charge in [0.25, 0.3) is 0 Å². The molecule has 27 heavy (non-hydrogen) atoms. The molecule has 0 aliphatic heterocycles. The van der Waals surface area contributed by atoms with Crippen molar-refractivity contribution in [1.29, 1.82) is 0 Å². The van der Waals surface area contributed by atoms with Gasteiger partial charge in [-0.2, -0.15) is 13.2 Å². The van der Waals surface area contributed by atoms with Crippen LogP contribution in [0.15, 0.2) is 39.3 Å². The summed E-state index contributed by atoms with van der Waals surface area (Å²) in [6.45, 7) is 0.283. The summed E-state index contributed by atoms with van der Waals surface area (Å²) in [4.78, 5) is 23.0. The van der Waals surface area contributed by atoms with E-state index in [0.29, 0.717) is 0 Å². The Balaban J connectivity index is 1.95. The lowest BCUT2D eigenvalue weighted by molar-refractivity contribution is -0.121. The lowest BCUT2D eigenvalue weighted by Crippen LogP contribution is -2.33. The molecule has 2 aromatic rings. The molecule has 0 radical (unpaired) electrons. The van der Waals surface area contributed by atoms with Crippen molar-refractivity contribution >= 4 is 33.0 Å². The number of halogens is 3. The molecule has 0 atom stereocenters. The van der Waals surface area contributed by atoms with Crippen LogP contribution in [0, 0.1) is 6.92 Å². The van der Waals surface area contributed by atoms with E-state index in [0.717, 1.165) is 29.2 Å². The Kier molecular flexibility index (Phi) is 6.44. The molecular formula is C15H16F3N3O4S2. The molecule has 0 saturated heterocycles. The number of benzene rings is 1. The number of hydrogen-bond donors (Lipinski definition) is 2. The fraction of sp³-hybridized carbons (Fsp3) is 0.333. The fourth-order valence-corrected chi connectivity index (χ4v) is 3.86. The Bertz CT molecular complexity index is 963. The molecule has 2 rings (SSSR count).